The molecule has 4 nitrogen and oxygen atoms in total. The quantitative estimate of drug-likeness (QED) is 0.649. The Morgan fingerprint density at radius 1 is 1.67 bits per heavy atom. The first-order chi connectivity index (χ1) is 6.94. The summed E-state index contributed by atoms with van der Waals surface area (Å²) in [6.07, 6.45) is -0.557. The Morgan fingerprint density at radius 3 is 2.67 bits per heavy atom. The van der Waals surface area contributed by atoms with Crippen molar-refractivity contribution in [2.75, 3.05) is 13.2 Å². The van der Waals surface area contributed by atoms with Gasteiger partial charge in [-0.2, -0.15) is 0 Å². The summed E-state index contributed by atoms with van der Waals surface area (Å²) in [5.41, 5.74) is 4.15. The summed E-state index contributed by atoms with van der Waals surface area (Å²) in [7, 11) is 0. The number of carbonyl (C=O) groups excluding carboxylic acids is 1. The fraction of sp³-hybridized carbons (Fsp3) is 0.889. The topological polar surface area (TPSA) is 64.3 Å². The zero-order chi connectivity index (χ0) is 11.5. The van der Waals surface area contributed by atoms with E-state index in [1.807, 2.05) is 0 Å². The van der Waals surface area contributed by atoms with Crippen LogP contribution >= 0.6 is 0 Å². The van der Waals surface area contributed by atoms with Gasteiger partial charge in [0.1, 0.15) is 12.1 Å². The van der Waals surface area contributed by atoms with E-state index in [4.69, 9.17) is 10.5 Å². The molecule has 1 fully saturated rings. The van der Waals surface area contributed by atoms with Crippen molar-refractivity contribution in [3.63, 3.8) is 0 Å². The predicted molar refractivity (Wildman–Crippen MR) is 50.6 cm³/mol. The lowest BCUT2D eigenvalue weighted by Crippen LogP contribution is -2.57. The molecule has 1 rings (SSSR count). The van der Waals surface area contributed by atoms with Gasteiger partial charge < -0.3 is 10.5 Å². The molecule has 1 aliphatic rings. The molecule has 0 aromatic heterocycles. The van der Waals surface area contributed by atoms with Crippen LogP contribution in [0.1, 0.15) is 19.8 Å². The van der Waals surface area contributed by atoms with E-state index in [9.17, 15) is 13.6 Å². The molecule has 0 aliphatic heterocycles. The number of rotatable bonds is 7. The Hall–Kier alpha value is -0.750. The molecule has 1 saturated carbocycles. The summed E-state index contributed by atoms with van der Waals surface area (Å²) in [4.78, 5) is 11.2. The summed E-state index contributed by atoms with van der Waals surface area (Å²) in [6.45, 7) is 0.775. The first-order valence-electron chi connectivity index (χ1n) is 4.87. The Balaban J connectivity index is 2.37. The number of alkyl halides is 2. The predicted octanol–water partition coefficient (Wildman–Crippen LogP) is 0.264. The van der Waals surface area contributed by atoms with Gasteiger partial charge in [0.2, 0.25) is 5.91 Å². The van der Waals surface area contributed by atoms with Crippen LogP contribution in [0.15, 0.2) is 0 Å². The van der Waals surface area contributed by atoms with Gasteiger partial charge in [0.25, 0.3) is 6.43 Å². The third-order valence-electron chi connectivity index (χ3n) is 2.28. The molecule has 0 saturated heterocycles. The number of ether oxygens (including phenoxy) is 1. The minimum Gasteiger partial charge on any atom is -0.373 e. The summed E-state index contributed by atoms with van der Waals surface area (Å²) in [5.74, 6) is -0.580. The van der Waals surface area contributed by atoms with Crippen LogP contribution in [0.2, 0.25) is 0 Å². The molecule has 88 valence electrons. The van der Waals surface area contributed by atoms with Gasteiger partial charge in [-0.05, 0) is 19.8 Å². The zero-order valence-corrected chi connectivity index (χ0v) is 8.63. The van der Waals surface area contributed by atoms with Gasteiger partial charge in [-0.25, -0.2) is 8.78 Å². The van der Waals surface area contributed by atoms with Crippen LogP contribution in [0.3, 0.4) is 0 Å². The van der Waals surface area contributed by atoms with E-state index in [0.717, 1.165) is 12.8 Å². The smallest absolute Gasteiger partial charge is 0.261 e. The van der Waals surface area contributed by atoms with Crippen molar-refractivity contribution in [3.8, 4) is 0 Å². The number of nitrogens with two attached hydrogens (primary N) is 1. The highest BCUT2D eigenvalue weighted by molar-refractivity contribution is 5.84. The van der Waals surface area contributed by atoms with Crippen LogP contribution in [0, 0.1) is 0 Å². The Morgan fingerprint density at radius 2 is 2.27 bits per heavy atom. The molecular weight excluding hydrogens is 206 g/mol. The second kappa shape index (κ2) is 4.85. The lowest BCUT2D eigenvalue weighted by Gasteiger charge is -2.27. The van der Waals surface area contributed by atoms with Gasteiger partial charge in [-0.1, -0.05) is 0 Å². The van der Waals surface area contributed by atoms with Gasteiger partial charge in [0, 0.05) is 6.04 Å². The van der Waals surface area contributed by atoms with Crippen molar-refractivity contribution < 1.29 is 18.3 Å². The fourth-order valence-electron chi connectivity index (χ4n) is 1.21. The Labute approximate surface area is 87.1 Å². The maximum atomic E-state index is 11.8. The van der Waals surface area contributed by atoms with E-state index in [1.54, 1.807) is 6.92 Å². The van der Waals surface area contributed by atoms with Gasteiger partial charge in [-0.3, -0.25) is 10.1 Å². The van der Waals surface area contributed by atoms with E-state index < -0.39 is 24.5 Å². The third-order valence-corrected chi connectivity index (χ3v) is 2.28. The van der Waals surface area contributed by atoms with Gasteiger partial charge in [-0.15, -0.1) is 0 Å². The number of primary amides is 1. The van der Waals surface area contributed by atoms with E-state index in [0.29, 0.717) is 0 Å². The van der Waals surface area contributed by atoms with Crippen LogP contribution in [-0.4, -0.2) is 37.1 Å². The van der Waals surface area contributed by atoms with Gasteiger partial charge in [0.15, 0.2) is 0 Å². The van der Waals surface area contributed by atoms with E-state index in [2.05, 4.69) is 5.32 Å². The maximum absolute atomic E-state index is 11.8. The van der Waals surface area contributed by atoms with Gasteiger partial charge >= 0.3 is 0 Å². The molecule has 6 heteroatoms. The third kappa shape index (κ3) is 4.09. The molecule has 0 aromatic carbocycles. The second-order valence-corrected chi connectivity index (χ2v) is 4.02. The SMILES string of the molecule is CC(COCC(F)F)(NC1CC1)C(N)=O. The first-order valence-corrected chi connectivity index (χ1v) is 4.87. The number of nitrogens with one attached hydrogen (secondary N) is 1. The Bertz CT molecular complexity index is 234. The normalized spacial score (nSPS) is 20.3. The van der Waals surface area contributed by atoms with Crippen LogP contribution in [0.4, 0.5) is 8.78 Å². The van der Waals surface area contributed by atoms with Crippen molar-refractivity contribution in [3.05, 3.63) is 0 Å². The molecule has 15 heavy (non-hydrogen) atoms. The maximum Gasteiger partial charge on any atom is 0.261 e. The molecule has 1 unspecified atom stereocenters. The van der Waals surface area contributed by atoms with Crippen molar-refractivity contribution in [2.24, 2.45) is 5.73 Å². The summed E-state index contributed by atoms with van der Waals surface area (Å²) >= 11 is 0. The summed E-state index contributed by atoms with van der Waals surface area (Å²) in [5, 5.41) is 3.00. The van der Waals surface area contributed by atoms with Crippen LogP contribution in [0.5, 0.6) is 0 Å². The van der Waals surface area contributed by atoms with Crippen molar-refractivity contribution >= 4 is 5.91 Å². The monoisotopic (exact) mass is 222 g/mol. The van der Waals surface area contributed by atoms with Gasteiger partial charge in [0.05, 0.1) is 6.61 Å². The molecule has 1 atom stereocenters. The highest BCUT2D eigenvalue weighted by Gasteiger charge is 2.37. The molecule has 0 spiro atoms. The lowest BCUT2D eigenvalue weighted by molar-refractivity contribution is -0.127. The number of halogens is 2. The Kier molecular flexibility index (Phi) is 3.98. The minimum atomic E-state index is -2.52. The highest BCUT2D eigenvalue weighted by atomic mass is 19.3. The van der Waals surface area contributed by atoms with Crippen molar-refractivity contribution in [1.29, 1.82) is 0 Å². The largest absolute Gasteiger partial charge is 0.373 e. The molecule has 0 radical (unpaired) electrons. The average molecular weight is 222 g/mol. The number of carbonyl (C=O) groups is 1. The number of hydrogen-bond acceptors (Lipinski definition) is 3. The van der Waals surface area contributed by atoms with E-state index in [1.165, 1.54) is 0 Å². The average Bonchev–Trinajstić information content (AvgIpc) is 2.87. The number of amides is 1. The minimum absolute atomic E-state index is 0.122. The molecule has 1 amide bonds. The summed E-state index contributed by atoms with van der Waals surface area (Å²) < 4.78 is 28.4. The molecule has 1 aliphatic carbocycles. The van der Waals surface area contributed by atoms with E-state index >= 15 is 0 Å². The fourth-order valence-corrected chi connectivity index (χ4v) is 1.21. The van der Waals surface area contributed by atoms with Crippen molar-refractivity contribution in [2.45, 2.75) is 37.8 Å². The first kappa shape index (κ1) is 12.3. The lowest BCUT2D eigenvalue weighted by atomic mass is 10.0. The highest BCUT2D eigenvalue weighted by Crippen LogP contribution is 2.22. The van der Waals surface area contributed by atoms with Crippen LogP contribution in [0.25, 0.3) is 0 Å². The molecule has 0 aromatic rings. The van der Waals surface area contributed by atoms with Crippen molar-refractivity contribution in [1.82, 2.24) is 5.32 Å². The molecule has 0 heterocycles. The second-order valence-electron chi connectivity index (χ2n) is 4.02. The number of hydrogen-bond donors (Lipinski definition) is 2. The van der Waals surface area contributed by atoms with Crippen LogP contribution in [-0.2, 0) is 9.53 Å². The zero-order valence-electron chi connectivity index (χ0n) is 8.63. The van der Waals surface area contributed by atoms with Crippen LogP contribution < -0.4 is 11.1 Å². The van der Waals surface area contributed by atoms with E-state index in [-0.39, 0.29) is 12.6 Å². The summed E-state index contributed by atoms with van der Waals surface area (Å²) in [6, 6.07) is 0.262. The molecule has 3 N–H and O–H groups in total. The molecular formula is C9H16F2N2O2. The molecule has 0 bridgehead atoms. The standard InChI is InChI=1S/C9H16F2N2O2/c1-9(8(12)14,13-6-2-3-6)5-15-4-7(10)11/h6-7,13H,2-5H2,1H3,(H2,12,14).